The van der Waals surface area contributed by atoms with Crippen LogP contribution in [0.2, 0.25) is 0 Å². The Morgan fingerprint density at radius 3 is 2.45 bits per heavy atom. The van der Waals surface area contributed by atoms with Gasteiger partial charge in [-0.25, -0.2) is 4.98 Å². The number of H-pyrrole nitrogens is 1. The van der Waals surface area contributed by atoms with E-state index >= 15 is 0 Å². The Bertz CT molecular complexity index is 904. The summed E-state index contributed by atoms with van der Waals surface area (Å²) in [5.74, 6) is 1.53. The van der Waals surface area contributed by atoms with Gasteiger partial charge in [-0.15, -0.1) is 0 Å². The van der Waals surface area contributed by atoms with Gasteiger partial charge >= 0.3 is 0 Å². The molecule has 0 saturated heterocycles. The van der Waals surface area contributed by atoms with Crippen LogP contribution in [0.25, 0.3) is 0 Å². The minimum absolute atomic E-state index is 0.114. The molecule has 0 unspecified atom stereocenters. The molecule has 150 valence electrons. The maximum absolute atomic E-state index is 12.9. The average Bonchev–Trinajstić information content (AvgIpc) is 3.31. The van der Waals surface area contributed by atoms with Crippen LogP contribution in [0, 0.1) is 0 Å². The number of nitrogens with one attached hydrogen (secondary N) is 1. The van der Waals surface area contributed by atoms with Crippen LogP contribution >= 0.6 is 11.8 Å². The molecule has 1 amide bonds. The first kappa shape index (κ1) is 19.7. The van der Waals surface area contributed by atoms with E-state index in [4.69, 9.17) is 0 Å². The summed E-state index contributed by atoms with van der Waals surface area (Å²) in [5.41, 5.74) is 3.35. The molecule has 6 heteroatoms. The van der Waals surface area contributed by atoms with Crippen molar-refractivity contribution in [3.8, 4) is 0 Å². The van der Waals surface area contributed by atoms with Crippen molar-refractivity contribution in [3.05, 3.63) is 77.6 Å². The number of aromatic nitrogens is 3. The Hall–Kier alpha value is -2.60. The van der Waals surface area contributed by atoms with Crippen molar-refractivity contribution in [3.63, 3.8) is 0 Å². The zero-order valence-electron chi connectivity index (χ0n) is 16.6. The molecule has 3 aromatic rings. The van der Waals surface area contributed by atoms with E-state index < -0.39 is 0 Å². The molecular formula is C23H26N4OS. The summed E-state index contributed by atoms with van der Waals surface area (Å²) in [6, 6.07) is 19.0. The van der Waals surface area contributed by atoms with Gasteiger partial charge in [-0.2, -0.15) is 5.10 Å². The van der Waals surface area contributed by atoms with Gasteiger partial charge in [0.2, 0.25) is 0 Å². The predicted molar refractivity (Wildman–Crippen MR) is 116 cm³/mol. The molecule has 1 fully saturated rings. The van der Waals surface area contributed by atoms with Gasteiger partial charge in [0.1, 0.15) is 6.33 Å². The van der Waals surface area contributed by atoms with E-state index in [-0.39, 0.29) is 5.91 Å². The fourth-order valence-corrected chi connectivity index (χ4v) is 4.78. The van der Waals surface area contributed by atoms with Crippen LogP contribution in [0.5, 0.6) is 0 Å². The normalized spacial score (nSPS) is 19.1. The minimum atomic E-state index is 0.114. The number of thioether (sulfide) groups is 1. The number of amides is 1. The summed E-state index contributed by atoms with van der Waals surface area (Å²) in [4.78, 5) is 19.0. The maximum Gasteiger partial charge on any atom is 0.253 e. The first-order chi connectivity index (χ1) is 14.2. The first-order valence-electron chi connectivity index (χ1n) is 10.1. The number of carbonyl (C=O) groups excluding carboxylic acids is 1. The number of rotatable bonds is 6. The van der Waals surface area contributed by atoms with Gasteiger partial charge in [-0.05, 0) is 54.9 Å². The van der Waals surface area contributed by atoms with Crippen molar-refractivity contribution in [1.82, 2.24) is 20.1 Å². The number of hydrogen-bond donors (Lipinski definition) is 1. The minimum Gasteiger partial charge on any atom is -0.339 e. The fraction of sp³-hybridized carbons (Fsp3) is 0.348. The van der Waals surface area contributed by atoms with E-state index in [0.717, 1.165) is 47.7 Å². The van der Waals surface area contributed by atoms with Gasteiger partial charge in [0, 0.05) is 24.4 Å². The SMILES string of the molecule is CN(C(=O)c1ccc(CSc2ncn[nH]2)cc1)C1CCC(c2ccccc2)CC1. The Morgan fingerprint density at radius 2 is 1.79 bits per heavy atom. The molecule has 0 spiro atoms. The molecule has 1 aliphatic rings. The highest BCUT2D eigenvalue weighted by Crippen LogP contribution is 2.34. The smallest absolute Gasteiger partial charge is 0.253 e. The molecule has 5 nitrogen and oxygen atoms in total. The van der Waals surface area contributed by atoms with Gasteiger partial charge in [0.25, 0.3) is 5.91 Å². The largest absolute Gasteiger partial charge is 0.339 e. The molecule has 2 aromatic carbocycles. The second kappa shape index (κ2) is 9.27. The van der Waals surface area contributed by atoms with Crippen molar-refractivity contribution in [1.29, 1.82) is 0 Å². The summed E-state index contributed by atoms with van der Waals surface area (Å²) < 4.78 is 0. The standard InChI is InChI=1S/C23H26N4OS/c1-27(21-13-11-19(12-14-21)18-5-3-2-4-6-18)22(28)20-9-7-17(8-10-20)15-29-23-24-16-25-26-23/h2-10,16,19,21H,11-15H2,1H3,(H,24,25,26). The highest BCUT2D eigenvalue weighted by Gasteiger charge is 2.27. The summed E-state index contributed by atoms with van der Waals surface area (Å²) in [6.45, 7) is 0. The summed E-state index contributed by atoms with van der Waals surface area (Å²) in [7, 11) is 1.95. The molecule has 0 bridgehead atoms. The number of benzene rings is 2. The topological polar surface area (TPSA) is 61.9 Å². The van der Waals surface area contributed by atoms with E-state index in [1.807, 2.05) is 36.2 Å². The Morgan fingerprint density at radius 1 is 1.07 bits per heavy atom. The zero-order valence-corrected chi connectivity index (χ0v) is 17.4. The molecule has 1 aliphatic carbocycles. The predicted octanol–water partition coefficient (Wildman–Crippen LogP) is 4.90. The fourth-order valence-electron chi connectivity index (χ4n) is 4.05. The molecule has 4 rings (SSSR count). The molecule has 29 heavy (non-hydrogen) atoms. The lowest BCUT2D eigenvalue weighted by atomic mass is 9.81. The number of nitrogens with zero attached hydrogens (tertiary/aromatic N) is 3. The van der Waals surface area contributed by atoms with E-state index in [0.29, 0.717) is 12.0 Å². The summed E-state index contributed by atoms with van der Waals surface area (Å²) >= 11 is 1.60. The van der Waals surface area contributed by atoms with Crippen molar-refractivity contribution in [2.24, 2.45) is 0 Å². The van der Waals surface area contributed by atoms with Crippen LogP contribution in [0.3, 0.4) is 0 Å². The third kappa shape index (κ3) is 4.88. The van der Waals surface area contributed by atoms with E-state index in [1.165, 1.54) is 11.9 Å². The highest BCUT2D eigenvalue weighted by molar-refractivity contribution is 7.98. The third-order valence-electron chi connectivity index (χ3n) is 5.81. The quantitative estimate of drug-likeness (QED) is 0.592. The maximum atomic E-state index is 12.9. The second-order valence-corrected chi connectivity index (χ2v) is 8.57. The second-order valence-electron chi connectivity index (χ2n) is 7.61. The monoisotopic (exact) mass is 406 g/mol. The Balaban J connectivity index is 1.31. The molecule has 1 aromatic heterocycles. The Labute approximate surface area is 175 Å². The van der Waals surface area contributed by atoms with Crippen molar-refractivity contribution in [2.45, 2.75) is 48.6 Å². The molecule has 0 aliphatic heterocycles. The molecule has 0 atom stereocenters. The molecule has 1 N–H and O–H groups in total. The van der Waals surface area contributed by atoms with Gasteiger partial charge in [-0.1, -0.05) is 54.2 Å². The van der Waals surface area contributed by atoms with Gasteiger partial charge in [-0.3, -0.25) is 9.89 Å². The van der Waals surface area contributed by atoms with Crippen LogP contribution in [-0.4, -0.2) is 39.1 Å². The average molecular weight is 407 g/mol. The van der Waals surface area contributed by atoms with E-state index in [2.05, 4.69) is 45.5 Å². The highest BCUT2D eigenvalue weighted by atomic mass is 32.2. The molecular weight excluding hydrogens is 380 g/mol. The van der Waals surface area contributed by atoms with Crippen LogP contribution < -0.4 is 0 Å². The van der Waals surface area contributed by atoms with Crippen LogP contribution in [0.15, 0.2) is 66.1 Å². The summed E-state index contributed by atoms with van der Waals surface area (Å²) in [6.07, 6.45) is 5.92. The lowest BCUT2D eigenvalue weighted by Crippen LogP contribution is -2.39. The van der Waals surface area contributed by atoms with Crippen molar-refractivity contribution < 1.29 is 4.79 Å². The van der Waals surface area contributed by atoms with E-state index in [9.17, 15) is 4.79 Å². The molecule has 1 saturated carbocycles. The number of hydrogen-bond acceptors (Lipinski definition) is 4. The Kier molecular flexibility index (Phi) is 6.30. The van der Waals surface area contributed by atoms with Gasteiger partial charge in [0.05, 0.1) is 0 Å². The van der Waals surface area contributed by atoms with Crippen molar-refractivity contribution in [2.75, 3.05) is 7.05 Å². The lowest BCUT2D eigenvalue weighted by molar-refractivity contribution is 0.0689. The van der Waals surface area contributed by atoms with E-state index in [1.54, 1.807) is 11.8 Å². The third-order valence-corrected chi connectivity index (χ3v) is 6.75. The van der Waals surface area contributed by atoms with Crippen LogP contribution in [0.1, 0.15) is 53.1 Å². The molecule has 1 heterocycles. The summed E-state index contributed by atoms with van der Waals surface area (Å²) in [5, 5.41) is 7.49. The van der Waals surface area contributed by atoms with Crippen molar-refractivity contribution >= 4 is 17.7 Å². The first-order valence-corrected chi connectivity index (χ1v) is 11.1. The number of aromatic amines is 1. The van der Waals surface area contributed by atoms with Crippen LogP contribution in [-0.2, 0) is 5.75 Å². The number of carbonyl (C=O) groups is 1. The molecule has 0 radical (unpaired) electrons. The van der Waals surface area contributed by atoms with Gasteiger partial charge < -0.3 is 4.90 Å². The zero-order chi connectivity index (χ0) is 20.1. The lowest BCUT2D eigenvalue weighted by Gasteiger charge is -2.35. The van der Waals surface area contributed by atoms with Gasteiger partial charge in [0.15, 0.2) is 5.16 Å². The van der Waals surface area contributed by atoms with Crippen LogP contribution in [0.4, 0.5) is 0 Å².